The lowest BCUT2D eigenvalue weighted by atomic mass is 10.3. The summed E-state index contributed by atoms with van der Waals surface area (Å²) in [7, 11) is 0. The lowest BCUT2D eigenvalue weighted by Gasteiger charge is -2.09. The topological polar surface area (TPSA) is 29.3 Å². The number of hydrogen-bond acceptors (Lipinski definition) is 4. The summed E-state index contributed by atoms with van der Waals surface area (Å²) in [5.74, 6) is 0. The summed E-state index contributed by atoms with van der Waals surface area (Å²) in [6.07, 6.45) is 2.09. The number of thiazole rings is 1. The minimum atomic E-state index is 0.456. The molecule has 0 bridgehead atoms. The summed E-state index contributed by atoms with van der Waals surface area (Å²) in [4.78, 5) is 7.01. The molecule has 0 unspecified atom stereocenters. The van der Waals surface area contributed by atoms with Crippen molar-refractivity contribution in [2.24, 2.45) is 0 Å². The molecular weight excluding hydrogens is 366 g/mol. The first kappa shape index (κ1) is 15.1. The first-order valence-corrected chi connectivity index (χ1v) is 9.23. The van der Waals surface area contributed by atoms with Crippen LogP contribution in [0.1, 0.15) is 19.5 Å². The SMILES string of the molecule is CC(C)NCc1c(Sc2cccc(Br)c2)nc2sccn12. The number of benzene rings is 1. The van der Waals surface area contributed by atoms with Crippen molar-refractivity contribution in [1.82, 2.24) is 14.7 Å². The molecule has 0 saturated heterocycles. The van der Waals surface area contributed by atoms with E-state index in [4.69, 9.17) is 4.98 Å². The van der Waals surface area contributed by atoms with E-state index in [1.165, 1.54) is 10.6 Å². The molecule has 0 aliphatic heterocycles. The maximum atomic E-state index is 4.76. The van der Waals surface area contributed by atoms with E-state index < -0.39 is 0 Å². The van der Waals surface area contributed by atoms with E-state index >= 15 is 0 Å². The van der Waals surface area contributed by atoms with Gasteiger partial charge in [0.15, 0.2) is 4.96 Å². The second-order valence-corrected chi connectivity index (χ2v) is 7.87. The summed E-state index contributed by atoms with van der Waals surface area (Å²) >= 11 is 6.91. The number of nitrogens with one attached hydrogen (secondary N) is 1. The number of halogens is 1. The quantitative estimate of drug-likeness (QED) is 0.687. The Labute approximate surface area is 140 Å². The summed E-state index contributed by atoms with van der Waals surface area (Å²) in [6, 6.07) is 8.78. The molecule has 1 N–H and O–H groups in total. The van der Waals surface area contributed by atoms with E-state index in [0.29, 0.717) is 6.04 Å². The standard InChI is InChI=1S/C15H16BrN3S2/c1-10(2)17-9-13-14(18-15-19(13)6-7-20-15)21-12-5-3-4-11(16)8-12/h3-8,10,17H,9H2,1-2H3. The minimum Gasteiger partial charge on any atom is -0.309 e. The van der Waals surface area contributed by atoms with Crippen molar-refractivity contribution in [3.05, 3.63) is 46.0 Å². The molecule has 6 heteroatoms. The molecule has 2 aromatic heterocycles. The van der Waals surface area contributed by atoms with E-state index in [9.17, 15) is 0 Å². The van der Waals surface area contributed by atoms with Crippen LogP contribution in [0.4, 0.5) is 0 Å². The van der Waals surface area contributed by atoms with Crippen LogP contribution in [0.15, 0.2) is 50.2 Å². The highest BCUT2D eigenvalue weighted by Crippen LogP contribution is 2.33. The Morgan fingerprint density at radius 2 is 2.29 bits per heavy atom. The number of imidazole rings is 1. The molecule has 2 heterocycles. The normalized spacial score (nSPS) is 11.6. The number of fused-ring (bicyclic) bond motifs is 1. The van der Waals surface area contributed by atoms with Gasteiger partial charge in [0.1, 0.15) is 5.03 Å². The monoisotopic (exact) mass is 381 g/mol. The molecule has 0 amide bonds. The Bertz CT molecular complexity index is 748. The Balaban J connectivity index is 1.93. The van der Waals surface area contributed by atoms with Crippen LogP contribution in [0, 0.1) is 0 Å². The van der Waals surface area contributed by atoms with E-state index in [1.54, 1.807) is 23.1 Å². The van der Waals surface area contributed by atoms with Gasteiger partial charge in [-0.05, 0) is 18.2 Å². The van der Waals surface area contributed by atoms with E-state index in [0.717, 1.165) is 21.0 Å². The summed E-state index contributed by atoms with van der Waals surface area (Å²) < 4.78 is 3.27. The fraction of sp³-hybridized carbons (Fsp3) is 0.267. The zero-order valence-electron chi connectivity index (χ0n) is 11.8. The van der Waals surface area contributed by atoms with Gasteiger partial charge < -0.3 is 5.32 Å². The molecule has 0 aliphatic rings. The number of hydrogen-bond donors (Lipinski definition) is 1. The Kier molecular flexibility index (Phi) is 4.69. The van der Waals surface area contributed by atoms with Crippen LogP contribution in [0.2, 0.25) is 0 Å². The molecule has 1 aromatic carbocycles. The highest BCUT2D eigenvalue weighted by Gasteiger charge is 2.14. The van der Waals surface area contributed by atoms with Crippen LogP contribution in [0.5, 0.6) is 0 Å². The van der Waals surface area contributed by atoms with Crippen LogP contribution in [0.3, 0.4) is 0 Å². The predicted octanol–water partition coefficient (Wildman–Crippen LogP) is 4.81. The molecule has 0 atom stereocenters. The molecule has 3 aromatic rings. The zero-order valence-corrected chi connectivity index (χ0v) is 15.1. The van der Waals surface area contributed by atoms with Crippen molar-refractivity contribution >= 4 is 44.0 Å². The molecule has 3 nitrogen and oxygen atoms in total. The van der Waals surface area contributed by atoms with E-state index in [2.05, 4.69) is 69.3 Å². The molecule has 0 saturated carbocycles. The number of rotatable bonds is 5. The fourth-order valence-electron chi connectivity index (χ4n) is 2.00. The Hall–Kier alpha value is -0.820. The smallest absolute Gasteiger partial charge is 0.194 e. The Morgan fingerprint density at radius 3 is 3.05 bits per heavy atom. The average molecular weight is 382 g/mol. The first-order chi connectivity index (χ1) is 10.1. The van der Waals surface area contributed by atoms with Crippen molar-refractivity contribution in [3.63, 3.8) is 0 Å². The maximum Gasteiger partial charge on any atom is 0.194 e. The molecule has 0 spiro atoms. The lowest BCUT2D eigenvalue weighted by Crippen LogP contribution is -2.22. The van der Waals surface area contributed by atoms with Crippen LogP contribution in [-0.2, 0) is 6.54 Å². The largest absolute Gasteiger partial charge is 0.309 e. The molecule has 110 valence electrons. The predicted molar refractivity (Wildman–Crippen MR) is 93.3 cm³/mol. The molecule has 3 rings (SSSR count). The summed E-state index contributed by atoms with van der Waals surface area (Å²) in [6.45, 7) is 5.14. The summed E-state index contributed by atoms with van der Waals surface area (Å²) in [5, 5.41) is 6.64. The van der Waals surface area contributed by atoms with Gasteiger partial charge in [0.25, 0.3) is 0 Å². The van der Waals surface area contributed by atoms with Gasteiger partial charge in [-0.25, -0.2) is 4.98 Å². The van der Waals surface area contributed by atoms with E-state index in [-0.39, 0.29) is 0 Å². The van der Waals surface area contributed by atoms with Crippen LogP contribution in [-0.4, -0.2) is 15.4 Å². The average Bonchev–Trinajstić information content (AvgIpc) is 2.97. The van der Waals surface area contributed by atoms with Gasteiger partial charge in [-0.3, -0.25) is 4.40 Å². The van der Waals surface area contributed by atoms with Gasteiger partial charge in [-0.1, -0.05) is 47.6 Å². The minimum absolute atomic E-state index is 0.456. The maximum absolute atomic E-state index is 4.76. The third-order valence-electron chi connectivity index (χ3n) is 3.01. The first-order valence-electron chi connectivity index (χ1n) is 6.74. The van der Waals surface area contributed by atoms with Gasteiger partial charge in [0, 0.05) is 33.5 Å². The second kappa shape index (κ2) is 6.52. The van der Waals surface area contributed by atoms with Crippen LogP contribution < -0.4 is 5.32 Å². The fourth-order valence-corrected chi connectivity index (χ4v) is 4.32. The van der Waals surface area contributed by atoms with Crippen molar-refractivity contribution in [1.29, 1.82) is 0 Å². The summed E-state index contributed by atoms with van der Waals surface area (Å²) in [5.41, 5.74) is 1.23. The second-order valence-electron chi connectivity index (χ2n) is 5.01. The molecule has 0 radical (unpaired) electrons. The van der Waals surface area contributed by atoms with Gasteiger partial charge >= 0.3 is 0 Å². The third-order valence-corrected chi connectivity index (χ3v) is 5.27. The van der Waals surface area contributed by atoms with Crippen molar-refractivity contribution in [2.45, 2.75) is 36.4 Å². The van der Waals surface area contributed by atoms with Crippen LogP contribution >= 0.6 is 39.0 Å². The highest BCUT2D eigenvalue weighted by atomic mass is 79.9. The zero-order chi connectivity index (χ0) is 14.8. The van der Waals surface area contributed by atoms with Gasteiger partial charge in [0.2, 0.25) is 0 Å². The van der Waals surface area contributed by atoms with Gasteiger partial charge in [-0.2, -0.15) is 0 Å². The van der Waals surface area contributed by atoms with Gasteiger partial charge in [0.05, 0.1) is 5.69 Å². The van der Waals surface area contributed by atoms with Crippen molar-refractivity contribution in [2.75, 3.05) is 0 Å². The van der Waals surface area contributed by atoms with Gasteiger partial charge in [-0.15, -0.1) is 11.3 Å². The molecule has 0 fully saturated rings. The Morgan fingerprint density at radius 1 is 1.43 bits per heavy atom. The highest BCUT2D eigenvalue weighted by molar-refractivity contribution is 9.10. The lowest BCUT2D eigenvalue weighted by molar-refractivity contribution is 0.574. The number of aromatic nitrogens is 2. The van der Waals surface area contributed by atoms with Crippen molar-refractivity contribution in [3.8, 4) is 0 Å². The van der Waals surface area contributed by atoms with Crippen molar-refractivity contribution < 1.29 is 0 Å². The molecule has 21 heavy (non-hydrogen) atoms. The van der Waals surface area contributed by atoms with E-state index in [1.807, 2.05) is 6.07 Å². The number of nitrogens with zero attached hydrogens (tertiary/aromatic N) is 2. The van der Waals surface area contributed by atoms with Crippen LogP contribution in [0.25, 0.3) is 4.96 Å². The molecular formula is C15H16BrN3S2. The third kappa shape index (κ3) is 3.51. The molecule has 0 aliphatic carbocycles.